The third-order valence-corrected chi connectivity index (χ3v) is 4.10. The second-order valence-corrected chi connectivity index (χ2v) is 6.03. The van der Waals surface area contributed by atoms with Crippen LogP contribution >= 0.6 is 15.9 Å². The molecule has 19 heavy (non-hydrogen) atoms. The number of nitrogens with zero attached hydrogens (tertiary/aromatic N) is 2. The van der Waals surface area contributed by atoms with Gasteiger partial charge in [-0.05, 0) is 35.2 Å². The van der Waals surface area contributed by atoms with Crippen molar-refractivity contribution in [2.24, 2.45) is 5.92 Å². The van der Waals surface area contributed by atoms with Crippen LogP contribution < -0.4 is 5.32 Å². The van der Waals surface area contributed by atoms with Gasteiger partial charge in [-0.2, -0.15) is 0 Å². The Kier molecular flexibility index (Phi) is 5.58. The minimum absolute atomic E-state index is 0.256. The van der Waals surface area contributed by atoms with Crippen LogP contribution in [0.1, 0.15) is 44.9 Å². The van der Waals surface area contributed by atoms with E-state index in [0.29, 0.717) is 12.0 Å². The first kappa shape index (κ1) is 14.7. The topological polar surface area (TPSA) is 58.0 Å². The van der Waals surface area contributed by atoms with Gasteiger partial charge >= 0.3 is 0 Å². The summed E-state index contributed by atoms with van der Waals surface area (Å²) in [5, 5.41) is 12.9. The molecule has 0 saturated heterocycles. The third kappa shape index (κ3) is 4.14. The molecule has 1 heterocycles. The summed E-state index contributed by atoms with van der Waals surface area (Å²) in [6.07, 6.45) is 6.58. The van der Waals surface area contributed by atoms with Crippen molar-refractivity contribution in [1.82, 2.24) is 9.97 Å². The fraction of sp³-hybridized carbons (Fsp3) is 0.714. The zero-order valence-corrected chi connectivity index (χ0v) is 13.0. The van der Waals surface area contributed by atoms with Crippen LogP contribution in [0.5, 0.6) is 0 Å². The van der Waals surface area contributed by atoms with Gasteiger partial charge in [-0.15, -0.1) is 0 Å². The largest absolute Gasteiger partial charge is 0.396 e. The predicted molar refractivity (Wildman–Crippen MR) is 80.2 cm³/mol. The monoisotopic (exact) mass is 327 g/mol. The molecule has 0 radical (unpaired) electrons. The lowest BCUT2D eigenvalue weighted by Crippen LogP contribution is -2.34. The van der Waals surface area contributed by atoms with E-state index in [0.717, 1.165) is 41.9 Å². The zero-order chi connectivity index (χ0) is 13.7. The van der Waals surface area contributed by atoms with Crippen molar-refractivity contribution in [3.63, 3.8) is 0 Å². The van der Waals surface area contributed by atoms with Gasteiger partial charge in [0.1, 0.15) is 16.2 Å². The van der Waals surface area contributed by atoms with E-state index in [2.05, 4.69) is 38.1 Å². The number of nitrogens with one attached hydrogen (secondary N) is 1. The normalized spacial score (nSPS) is 23.3. The molecule has 0 spiro atoms. The Morgan fingerprint density at radius 3 is 2.89 bits per heavy atom. The van der Waals surface area contributed by atoms with E-state index in [1.807, 2.05) is 6.07 Å². The summed E-state index contributed by atoms with van der Waals surface area (Å²) in [4.78, 5) is 8.92. The molecule has 1 aliphatic rings. The first-order valence-electron chi connectivity index (χ1n) is 7.13. The van der Waals surface area contributed by atoms with E-state index in [1.165, 1.54) is 12.8 Å². The van der Waals surface area contributed by atoms with Crippen LogP contribution in [0.2, 0.25) is 0 Å². The van der Waals surface area contributed by atoms with Crippen molar-refractivity contribution < 1.29 is 5.11 Å². The lowest BCUT2D eigenvalue weighted by Gasteiger charge is -2.31. The number of rotatable bonds is 5. The van der Waals surface area contributed by atoms with Crippen molar-refractivity contribution in [1.29, 1.82) is 0 Å². The van der Waals surface area contributed by atoms with Crippen molar-refractivity contribution in [3.8, 4) is 0 Å². The summed E-state index contributed by atoms with van der Waals surface area (Å²) < 4.78 is 0.824. The number of halogens is 1. The minimum Gasteiger partial charge on any atom is -0.396 e. The maximum absolute atomic E-state index is 9.45. The molecule has 0 amide bonds. The standard InChI is InChI=1S/C14H22BrN3O/c1-2-5-13-17-12(15)8-14(18-13)16-11-7-4-3-6-10(11)9-19/h8,10-11,19H,2-7,9H2,1H3,(H,16,17,18). The van der Waals surface area contributed by atoms with Crippen molar-refractivity contribution in [3.05, 3.63) is 16.5 Å². The van der Waals surface area contributed by atoms with Gasteiger partial charge in [0.15, 0.2) is 0 Å². The first-order valence-corrected chi connectivity index (χ1v) is 7.93. The Bertz CT molecular complexity index is 414. The Morgan fingerprint density at radius 1 is 1.37 bits per heavy atom. The highest BCUT2D eigenvalue weighted by Gasteiger charge is 2.24. The number of aliphatic hydroxyl groups excluding tert-OH is 1. The van der Waals surface area contributed by atoms with Gasteiger partial charge in [0.05, 0.1) is 0 Å². The number of aliphatic hydroxyl groups is 1. The molecule has 2 unspecified atom stereocenters. The van der Waals surface area contributed by atoms with Crippen LogP contribution in [-0.4, -0.2) is 27.7 Å². The molecule has 5 heteroatoms. The van der Waals surface area contributed by atoms with Gasteiger partial charge < -0.3 is 10.4 Å². The fourth-order valence-electron chi connectivity index (χ4n) is 2.68. The molecular weight excluding hydrogens is 306 g/mol. The quantitative estimate of drug-likeness (QED) is 0.815. The summed E-state index contributed by atoms with van der Waals surface area (Å²) in [5.74, 6) is 2.09. The maximum Gasteiger partial charge on any atom is 0.132 e. The molecule has 0 aliphatic heterocycles. The van der Waals surface area contributed by atoms with Gasteiger partial charge in [0, 0.05) is 31.1 Å². The molecule has 2 N–H and O–H groups in total. The van der Waals surface area contributed by atoms with Crippen LogP contribution in [0.4, 0.5) is 5.82 Å². The lowest BCUT2D eigenvalue weighted by molar-refractivity contribution is 0.178. The number of aromatic nitrogens is 2. The highest BCUT2D eigenvalue weighted by atomic mass is 79.9. The molecule has 1 saturated carbocycles. The Labute approximate surface area is 123 Å². The van der Waals surface area contributed by atoms with Crippen molar-refractivity contribution in [2.45, 2.75) is 51.5 Å². The molecule has 2 atom stereocenters. The SMILES string of the molecule is CCCc1nc(Br)cc(NC2CCCCC2CO)n1. The summed E-state index contributed by atoms with van der Waals surface area (Å²) in [7, 11) is 0. The van der Waals surface area contributed by atoms with E-state index in [1.54, 1.807) is 0 Å². The summed E-state index contributed by atoms with van der Waals surface area (Å²) in [6.45, 7) is 2.38. The first-order chi connectivity index (χ1) is 9.22. The Balaban J connectivity index is 2.08. The predicted octanol–water partition coefficient (Wildman–Crippen LogP) is 3.15. The van der Waals surface area contributed by atoms with E-state index in [9.17, 15) is 5.11 Å². The molecule has 1 aromatic heterocycles. The van der Waals surface area contributed by atoms with E-state index in [-0.39, 0.29) is 6.61 Å². The van der Waals surface area contributed by atoms with E-state index < -0.39 is 0 Å². The minimum atomic E-state index is 0.256. The maximum atomic E-state index is 9.45. The molecule has 0 bridgehead atoms. The second-order valence-electron chi connectivity index (χ2n) is 5.22. The highest BCUT2D eigenvalue weighted by Crippen LogP contribution is 2.27. The van der Waals surface area contributed by atoms with E-state index >= 15 is 0 Å². The molecular formula is C14H22BrN3O. The molecule has 1 fully saturated rings. The van der Waals surface area contributed by atoms with Gasteiger partial charge in [0.25, 0.3) is 0 Å². The Morgan fingerprint density at radius 2 is 2.16 bits per heavy atom. The number of anilines is 1. The molecule has 2 rings (SSSR count). The Hall–Kier alpha value is -0.680. The number of hydrogen-bond acceptors (Lipinski definition) is 4. The summed E-state index contributed by atoms with van der Waals surface area (Å²) in [6, 6.07) is 2.25. The number of hydrogen-bond donors (Lipinski definition) is 2. The molecule has 106 valence electrons. The fourth-order valence-corrected chi connectivity index (χ4v) is 3.10. The van der Waals surface area contributed by atoms with Gasteiger partial charge in [-0.1, -0.05) is 19.8 Å². The second kappa shape index (κ2) is 7.20. The van der Waals surface area contributed by atoms with Crippen LogP contribution in [0.15, 0.2) is 10.7 Å². The van der Waals surface area contributed by atoms with E-state index in [4.69, 9.17) is 0 Å². The average Bonchev–Trinajstić information content (AvgIpc) is 2.39. The molecule has 1 aromatic rings. The van der Waals surface area contributed by atoms with Gasteiger partial charge in [-0.25, -0.2) is 9.97 Å². The average molecular weight is 328 g/mol. The van der Waals surface area contributed by atoms with Crippen molar-refractivity contribution >= 4 is 21.7 Å². The van der Waals surface area contributed by atoms with Crippen LogP contribution in [0.3, 0.4) is 0 Å². The lowest BCUT2D eigenvalue weighted by atomic mass is 9.85. The molecule has 1 aliphatic carbocycles. The van der Waals surface area contributed by atoms with Crippen LogP contribution in [0, 0.1) is 5.92 Å². The van der Waals surface area contributed by atoms with Crippen molar-refractivity contribution in [2.75, 3.05) is 11.9 Å². The van der Waals surface area contributed by atoms with Crippen LogP contribution in [-0.2, 0) is 6.42 Å². The summed E-state index contributed by atoms with van der Waals surface area (Å²) >= 11 is 3.44. The molecule has 0 aromatic carbocycles. The summed E-state index contributed by atoms with van der Waals surface area (Å²) in [5.41, 5.74) is 0. The number of aryl methyl sites for hydroxylation is 1. The molecule has 4 nitrogen and oxygen atoms in total. The smallest absolute Gasteiger partial charge is 0.132 e. The van der Waals surface area contributed by atoms with Crippen LogP contribution in [0.25, 0.3) is 0 Å². The van der Waals surface area contributed by atoms with Gasteiger partial charge in [-0.3, -0.25) is 0 Å². The third-order valence-electron chi connectivity index (χ3n) is 3.69. The highest BCUT2D eigenvalue weighted by molar-refractivity contribution is 9.10. The zero-order valence-electron chi connectivity index (χ0n) is 11.4. The van der Waals surface area contributed by atoms with Gasteiger partial charge in [0.2, 0.25) is 0 Å².